The zero-order valence-corrected chi connectivity index (χ0v) is 11.4. The Balaban J connectivity index is 2.01. The molecule has 2 aromatic rings. The molecule has 1 aromatic carbocycles. The summed E-state index contributed by atoms with van der Waals surface area (Å²) in [6.45, 7) is 6.55. The number of rotatable bonds is 4. The van der Waals surface area contributed by atoms with Crippen molar-refractivity contribution in [3.63, 3.8) is 0 Å². The Labute approximate surface area is 108 Å². The van der Waals surface area contributed by atoms with Crippen LogP contribution in [-0.4, -0.2) is 0 Å². The molecule has 90 valence electrons. The molecule has 0 bridgehead atoms. The topological polar surface area (TPSA) is 12.0 Å². The van der Waals surface area contributed by atoms with E-state index in [9.17, 15) is 0 Å². The zero-order valence-electron chi connectivity index (χ0n) is 10.6. The molecular formula is C15H19NS. The first-order valence-electron chi connectivity index (χ1n) is 6.01. The lowest BCUT2D eigenvalue weighted by atomic mass is 10.0. The first-order valence-corrected chi connectivity index (χ1v) is 6.96. The molecule has 0 saturated carbocycles. The van der Waals surface area contributed by atoms with Crippen molar-refractivity contribution < 1.29 is 0 Å². The third-order valence-corrected chi connectivity index (χ3v) is 3.82. The second-order valence-electron chi connectivity index (χ2n) is 4.58. The van der Waals surface area contributed by atoms with Crippen molar-refractivity contribution in [3.8, 4) is 0 Å². The van der Waals surface area contributed by atoms with E-state index in [1.807, 2.05) is 0 Å². The Morgan fingerprint density at radius 3 is 2.18 bits per heavy atom. The van der Waals surface area contributed by atoms with Gasteiger partial charge in [0.05, 0.1) is 0 Å². The van der Waals surface area contributed by atoms with Gasteiger partial charge in [0.15, 0.2) is 0 Å². The highest BCUT2D eigenvalue weighted by molar-refractivity contribution is 7.07. The molecule has 0 aliphatic rings. The molecule has 0 radical (unpaired) electrons. The number of nitrogens with one attached hydrogen (secondary N) is 1. The van der Waals surface area contributed by atoms with Crippen molar-refractivity contribution in [2.75, 3.05) is 0 Å². The third kappa shape index (κ3) is 3.18. The minimum atomic E-state index is 0.380. The second-order valence-corrected chi connectivity index (χ2v) is 5.36. The number of hydrogen-bond acceptors (Lipinski definition) is 2. The average molecular weight is 245 g/mol. The van der Waals surface area contributed by atoms with Crippen LogP contribution in [0.15, 0.2) is 41.1 Å². The normalized spacial score (nSPS) is 14.5. The monoisotopic (exact) mass is 245 g/mol. The van der Waals surface area contributed by atoms with Crippen molar-refractivity contribution in [2.24, 2.45) is 0 Å². The van der Waals surface area contributed by atoms with E-state index in [-0.39, 0.29) is 0 Å². The first kappa shape index (κ1) is 12.3. The summed E-state index contributed by atoms with van der Waals surface area (Å²) in [7, 11) is 0. The van der Waals surface area contributed by atoms with E-state index >= 15 is 0 Å². The van der Waals surface area contributed by atoms with E-state index in [4.69, 9.17) is 0 Å². The largest absolute Gasteiger partial charge is 0.304 e. The number of benzene rings is 1. The van der Waals surface area contributed by atoms with Crippen molar-refractivity contribution in [1.82, 2.24) is 5.32 Å². The van der Waals surface area contributed by atoms with Gasteiger partial charge in [-0.25, -0.2) is 0 Å². The molecule has 1 N–H and O–H groups in total. The smallest absolute Gasteiger partial charge is 0.0305 e. The summed E-state index contributed by atoms with van der Waals surface area (Å²) in [6, 6.07) is 11.7. The number of thiophene rings is 1. The molecule has 2 atom stereocenters. The van der Waals surface area contributed by atoms with Crippen LogP contribution in [0.2, 0.25) is 0 Å². The van der Waals surface area contributed by atoms with Gasteiger partial charge in [-0.3, -0.25) is 0 Å². The molecule has 0 aliphatic heterocycles. The van der Waals surface area contributed by atoms with Crippen LogP contribution in [0.25, 0.3) is 0 Å². The summed E-state index contributed by atoms with van der Waals surface area (Å²) in [5, 5.41) is 7.96. The summed E-state index contributed by atoms with van der Waals surface area (Å²) in [4.78, 5) is 0. The summed E-state index contributed by atoms with van der Waals surface area (Å²) in [6.07, 6.45) is 0. The van der Waals surface area contributed by atoms with Crippen molar-refractivity contribution >= 4 is 11.3 Å². The SMILES string of the molecule is Cc1ccc(C(C)NC(C)c2ccsc2)cc1. The van der Waals surface area contributed by atoms with Gasteiger partial charge in [0.1, 0.15) is 0 Å². The second kappa shape index (κ2) is 5.48. The van der Waals surface area contributed by atoms with Crippen LogP contribution >= 0.6 is 11.3 Å². The molecule has 0 saturated heterocycles. The van der Waals surface area contributed by atoms with E-state index in [1.54, 1.807) is 11.3 Å². The van der Waals surface area contributed by atoms with E-state index < -0.39 is 0 Å². The highest BCUT2D eigenvalue weighted by Gasteiger charge is 2.10. The molecule has 2 heteroatoms. The van der Waals surface area contributed by atoms with Gasteiger partial charge in [0.25, 0.3) is 0 Å². The lowest BCUT2D eigenvalue weighted by Gasteiger charge is -2.20. The molecule has 17 heavy (non-hydrogen) atoms. The minimum Gasteiger partial charge on any atom is -0.304 e. The standard InChI is InChI=1S/C15H19NS/c1-11-4-6-14(7-5-11)12(2)16-13(3)15-8-9-17-10-15/h4-10,12-13,16H,1-3H3. The fourth-order valence-corrected chi connectivity index (χ4v) is 2.70. The van der Waals surface area contributed by atoms with E-state index in [2.05, 4.69) is 67.2 Å². The Morgan fingerprint density at radius 1 is 0.941 bits per heavy atom. The Morgan fingerprint density at radius 2 is 1.59 bits per heavy atom. The zero-order chi connectivity index (χ0) is 12.3. The van der Waals surface area contributed by atoms with Crippen molar-refractivity contribution in [1.29, 1.82) is 0 Å². The summed E-state index contributed by atoms with van der Waals surface area (Å²) in [5.74, 6) is 0. The molecule has 0 spiro atoms. The van der Waals surface area contributed by atoms with Crippen LogP contribution in [-0.2, 0) is 0 Å². The highest BCUT2D eigenvalue weighted by atomic mass is 32.1. The van der Waals surface area contributed by atoms with Gasteiger partial charge in [0, 0.05) is 12.1 Å². The number of hydrogen-bond donors (Lipinski definition) is 1. The third-order valence-electron chi connectivity index (χ3n) is 3.12. The van der Waals surface area contributed by atoms with E-state index in [1.165, 1.54) is 16.7 Å². The van der Waals surface area contributed by atoms with Gasteiger partial charge >= 0.3 is 0 Å². The fraction of sp³-hybridized carbons (Fsp3) is 0.333. The molecule has 1 aromatic heterocycles. The molecular weight excluding hydrogens is 226 g/mol. The van der Waals surface area contributed by atoms with Gasteiger partial charge in [-0.2, -0.15) is 11.3 Å². The maximum atomic E-state index is 3.62. The maximum Gasteiger partial charge on any atom is 0.0305 e. The van der Waals surface area contributed by atoms with Crippen molar-refractivity contribution in [3.05, 3.63) is 57.8 Å². The molecule has 2 unspecified atom stereocenters. The lowest BCUT2D eigenvalue weighted by molar-refractivity contribution is 0.495. The van der Waals surface area contributed by atoms with Crippen LogP contribution < -0.4 is 5.32 Å². The minimum absolute atomic E-state index is 0.380. The molecule has 0 aliphatic carbocycles. The van der Waals surface area contributed by atoms with Gasteiger partial charge < -0.3 is 5.32 Å². The van der Waals surface area contributed by atoms with Gasteiger partial charge in [0.2, 0.25) is 0 Å². The molecule has 2 rings (SSSR count). The first-order chi connectivity index (χ1) is 8.16. The van der Waals surface area contributed by atoms with Crippen LogP contribution in [0.1, 0.15) is 42.6 Å². The highest BCUT2D eigenvalue weighted by Crippen LogP contribution is 2.21. The van der Waals surface area contributed by atoms with Crippen LogP contribution in [0.5, 0.6) is 0 Å². The van der Waals surface area contributed by atoms with Gasteiger partial charge in [-0.15, -0.1) is 0 Å². The lowest BCUT2D eigenvalue weighted by Crippen LogP contribution is -2.22. The molecule has 1 heterocycles. The molecule has 0 fully saturated rings. The van der Waals surface area contributed by atoms with E-state index in [0.717, 1.165) is 0 Å². The predicted octanol–water partition coefficient (Wildman–Crippen LogP) is 4.47. The quantitative estimate of drug-likeness (QED) is 0.838. The summed E-state index contributed by atoms with van der Waals surface area (Å²) < 4.78 is 0. The maximum absolute atomic E-state index is 3.62. The Bertz CT molecular complexity index is 444. The van der Waals surface area contributed by atoms with Gasteiger partial charge in [-0.05, 0) is 48.7 Å². The summed E-state index contributed by atoms with van der Waals surface area (Å²) in [5.41, 5.74) is 4.03. The summed E-state index contributed by atoms with van der Waals surface area (Å²) >= 11 is 1.75. The van der Waals surface area contributed by atoms with Gasteiger partial charge in [-0.1, -0.05) is 29.8 Å². The van der Waals surface area contributed by atoms with Crippen LogP contribution in [0.3, 0.4) is 0 Å². The Hall–Kier alpha value is -1.12. The average Bonchev–Trinajstić information content (AvgIpc) is 2.83. The Kier molecular flexibility index (Phi) is 3.97. The molecule has 0 amide bonds. The van der Waals surface area contributed by atoms with Crippen LogP contribution in [0, 0.1) is 6.92 Å². The van der Waals surface area contributed by atoms with Crippen molar-refractivity contribution in [2.45, 2.75) is 32.9 Å². The fourth-order valence-electron chi connectivity index (χ4n) is 1.94. The number of aryl methyl sites for hydroxylation is 1. The van der Waals surface area contributed by atoms with Crippen LogP contribution in [0.4, 0.5) is 0 Å². The predicted molar refractivity (Wildman–Crippen MR) is 75.5 cm³/mol. The molecule has 1 nitrogen and oxygen atoms in total. The van der Waals surface area contributed by atoms with E-state index in [0.29, 0.717) is 12.1 Å².